The van der Waals surface area contributed by atoms with E-state index in [0.717, 1.165) is 24.2 Å². The summed E-state index contributed by atoms with van der Waals surface area (Å²) in [6.07, 6.45) is 0.00639. The number of benzene rings is 2. The van der Waals surface area contributed by atoms with Crippen molar-refractivity contribution < 1.29 is 22.0 Å². The average Bonchev–Trinajstić information content (AvgIpc) is 2.60. The fourth-order valence-electron chi connectivity index (χ4n) is 2.32. The van der Waals surface area contributed by atoms with E-state index in [0.29, 0.717) is 17.8 Å². The number of alkyl halides is 2. The lowest BCUT2D eigenvalue weighted by molar-refractivity contribution is -0.115. The molecular weight excluding hydrogens is 398 g/mol. The van der Waals surface area contributed by atoms with Crippen molar-refractivity contribution in [1.29, 1.82) is 0 Å². The third kappa shape index (κ3) is 6.57. The monoisotopic (exact) mass is 418 g/mol. The Bertz CT molecular complexity index is 859. The second-order valence-electron chi connectivity index (χ2n) is 5.66. The van der Waals surface area contributed by atoms with Crippen LogP contribution < -0.4 is 10.6 Å². The van der Waals surface area contributed by atoms with Crippen molar-refractivity contribution in [2.24, 2.45) is 0 Å². The van der Waals surface area contributed by atoms with E-state index in [2.05, 4.69) is 10.6 Å². The summed E-state index contributed by atoms with van der Waals surface area (Å²) in [4.78, 5) is 11.7. The molecule has 0 aliphatic heterocycles. The molecule has 0 aliphatic carbocycles. The van der Waals surface area contributed by atoms with E-state index in [4.69, 9.17) is 0 Å². The third-order valence-electron chi connectivity index (χ3n) is 3.64. The molecule has 0 aromatic heterocycles. The van der Waals surface area contributed by atoms with E-state index in [1.54, 1.807) is 6.07 Å². The Morgan fingerprint density at radius 2 is 1.74 bits per heavy atom. The van der Waals surface area contributed by atoms with Gasteiger partial charge in [-0.3, -0.25) is 4.79 Å². The van der Waals surface area contributed by atoms with Crippen molar-refractivity contribution in [3.63, 3.8) is 0 Å². The van der Waals surface area contributed by atoms with Crippen LogP contribution in [-0.4, -0.2) is 26.6 Å². The van der Waals surface area contributed by atoms with E-state index in [-0.39, 0.29) is 24.7 Å². The zero-order chi connectivity index (χ0) is 19.2. The quantitative estimate of drug-likeness (QED) is 0.689. The predicted octanol–water partition coefficient (Wildman–Crippen LogP) is 3.40. The van der Waals surface area contributed by atoms with E-state index < -0.39 is 20.5 Å². The highest BCUT2D eigenvalue weighted by Crippen LogP contribution is 2.19. The van der Waals surface area contributed by atoms with Gasteiger partial charge in [-0.1, -0.05) is 31.2 Å². The molecule has 0 atom stereocenters. The Balaban J connectivity index is 0.00000364. The van der Waals surface area contributed by atoms with Crippen molar-refractivity contribution >= 4 is 33.8 Å². The molecular formula is C18H21ClF2N2O3S. The Kier molecular flexibility index (Phi) is 8.81. The summed E-state index contributed by atoms with van der Waals surface area (Å²) in [6.45, 7) is 3.54. The van der Waals surface area contributed by atoms with Gasteiger partial charge in [-0.2, -0.15) is 8.78 Å². The van der Waals surface area contributed by atoms with E-state index in [1.807, 2.05) is 25.1 Å². The van der Waals surface area contributed by atoms with E-state index >= 15 is 0 Å². The highest BCUT2D eigenvalue weighted by molar-refractivity contribution is 7.91. The highest BCUT2D eigenvalue weighted by atomic mass is 35.5. The first-order valence-corrected chi connectivity index (χ1v) is 9.58. The van der Waals surface area contributed by atoms with Gasteiger partial charge < -0.3 is 10.6 Å². The summed E-state index contributed by atoms with van der Waals surface area (Å²) in [7, 11) is -4.62. The van der Waals surface area contributed by atoms with Gasteiger partial charge in [0, 0.05) is 12.2 Å². The third-order valence-corrected chi connectivity index (χ3v) is 5.04. The smallest absolute Gasteiger partial charge is 0.326 e. The molecule has 2 aromatic rings. The summed E-state index contributed by atoms with van der Waals surface area (Å²) in [5, 5.41) is 5.96. The Morgan fingerprint density at radius 3 is 2.33 bits per heavy atom. The minimum atomic E-state index is -4.62. The number of hydrogen-bond donors (Lipinski definition) is 2. The average molecular weight is 419 g/mol. The molecule has 1 amide bonds. The maximum atomic E-state index is 12.5. The number of carbonyl (C=O) groups excluding carboxylic acids is 1. The van der Waals surface area contributed by atoms with Crippen LogP contribution >= 0.6 is 12.4 Å². The number of hydrogen-bond acceptors (Lipinski definition) is 4. The molecule has 0 saturated heterocycles. The molecule has 0 radical (unpaired) electrons. The van der Waals surface area contributed by atoms with Crippen molar-refractivity contribution in [3.05, 3.63) is 59.7 Å². The van der Waals surface area contributed by atoms with Gasteiger partial charge in [0.05, 0.1) is 11.3 Å². The number of carbonyl (C=O) groups is 1. The van der Waals surface area contributed by atoms with Gasteiger partial charge in [0.15, 0.2) is 0 Å². The molecule has 27 heavy (non-hydrogen) atoms. The second-order valence-corrected chi connectivity index (χ2v) is 7.57. The van der Waals surface area contributed by atoms with Gasteiger partial charge in [0.2, 0.25) is 15.7 Å². The van der Waals surface area contributed by atoms with Crippen LogP contribution in [0, 0.1) is 0 Å². The fraction of sp³-hybridized carbons (Fsp3) is 0.278. The molecule has 0 unspecified atom stereocenters. The van der Waals surface area contributed by atoms with Crippen LogP contribution in [0.1, 0.15) is 18.1 Å². The summed E-state index contributed by atoms with van der Waals surface area (Å²) in [5.74, 6) is -3.75. The van der Waals surface area contributed by atoms with Crippen LogP contribution in [0.15, 0.2) is 53.4 Å². The maximum absolute atomic E-state index is 12.5. The molecule has 148 valence electrons. The van der Waals surface area contributed by atoms with Crippen molar-refractivity contribution in [1.82, 2.24) is 5.32 Å². The topological polar surface area (TPSA) is 75.3 Å². The van der Waals surface area contributed by atoms with E-state index in [1.165, 1.54) is 12.1 Å². The number of rotatable bonds is 8. The first kappa shape index (κ1) is 23.0. The molecule has 0 aliphatic rings. The van der Waals surface area contributed by atoms with Crippen molar-refractivity contribution in [2.45, 2.75) is 30.5 Å². The summed E-state index contributed by atoms with van der Waals surface area (Å²) >= 11 is 0. The van der Waals surface area contributed by atoms with Gasteiger partial charge in [0.25, 0.3) is 0 Å². The lowest BCUT2D eigenvalue weighted by atomic mass is 10.1. The first-order chi connectivity index (χ1) is 12.3. The van der Waals surface area contributed by atoms with E-state index in [9.17, 15) is 22.0 Å². The number of nitrogens with one attached hydrogen (secondary N) is 2. The normalized spacial score (nSPS) is 11.1. The zero-order valence-corrected chi connectivity index (χ0v) is 16.2. The molecule has 0 fully saturated rings. The maximum Gasteiger partial charge on any atom is 0.341 e. The Labute approximate surface area is 163 Å². The van der Waals surface area contributed by atoms with Crippen LogP contribution in [0.25, 0.3) is 0 Å². The van der Waals surface area contributed by atoms with Crippen LogP contribution in [0.5, 0.6) is 0 Å². The van der Waals surface area contributed by atoms with Crippen LogP contribution in [0.3, 0.4) is 0 Å². The minimum Gasteiger partial charge on any atom is -0.326 e. The predicted molar refractivity (Wildman–Crippen MR) is 103 cm³/mol. The molecule has 2 rings (SSSR count). The van der Waals surface area contributed by atoms with Gasteiger partial charge in [-0.15, -0.1) is 12.4 Å². The largest absolute Gasteiger partial charge is 0.341 e. The van der Waals surface area contributed by atoms with Crippen molar-refractivity contribution in [2.75, 3.05) is 11.9 Å². The standard InChI is InChI=1S/C18H20F2N2O3S.ClH/c1-2-21-12-14-4-3-5-15(10-14)22-17(23)11-13-6-8-16(9-7-13)26(24,25)18(19)20;/h3-10,18,21H,2,11-12H2,1H3,(H,22,23);1H. The minimum absolute atomic E-state index is 0. The molecule has 0 spiro atoms. The Morgan fingerprint density at radius 1 is 1.07 bits per heavy atom. The van der Waals surface area contributed by atoms with Crippen LogP contribution in [-0.2, 0) is 27.6 Å². The summed E-state index contributed by atoms with van der Waals surface area (Å²) in [6, 6.07) is 12.3. The number of anilines is 1. The lowest BCUT2D eigenvalue weighted by Gasteiger charge is -2.09. The summed E-state index contributed by atoms with van der Waals surface area (Å²) < 4.78 is 47.8. The highest BCUT2D eigenvalue weighted by Gasteiger charge is 2.26. The molecule has 2 aromatic carbocycles. The molecule has 0 saturated carbocycles. The first-order valence-electron chi connectivity index (χ1n) is 8.03. The molecule has 0 heterocycles. The summed E-state index contributed by atoms with van der Waals surface area (Å²) in [5.41, 5.74) is 2.22. The van der Waals surface area contributed by atoms with Crippen LogP contribution in [0.2, 0.25) is 0 Å². The van der Waals surface area contributed by atoms with Gasteiger partial charge in [-0.05, 0) is 41.9 Å². The molecule has 2 N–H and O–H groups in total. The lowest BCUT2D eigenvalue weighted by Crippen LogP contribution is -2.16. The number of halogens is 3. The number of amides is 1. The van der Waals surface area contributed by atoms with Crippen molar-refractivity contribution in [3.8, 4) is 0 Å². The molecule has 9 heteroatoms. The fourth-order valence-corrected chi connectivity index (χ4v) is 3.04. The SMILES string of the molecule is CCNCc1cccc(NC(=O)Cc2ccc(S(=O)(=O)C(F)F)cc2)c1.Cl. The van der Waals surface area contributed by atoms with Gasteiger partial charge >= 0.3 is 5.76 Å². The second kappa shape index (κ2) is 10.3. The Hall–Kier alpha value is -2.03. The van der Waals surface area contributed by atoms with Gasteiger partial charge in [-0.25, -0.2) is 8.42 Å². The molecule has 0 bridgehead atoms. The van der Waals surface area contributed by atoms with Crippen LogP contribution in [0.4, 0.5) is 14.5 Å². The number of sulfone groups is 1. The zero-order valence-electron chi connectivity index (χ0n) is 14.6. The van der Waals surface area contributed by atoms with Gasteiger partial charge in [0.1, 0.15) is 0 Å². The molecule has 5 nitrogen and oxygen atoms in total.